The number of allylic oxidation sites excluding steroid dienone is 5. The Morgan fingerprint density at radius 2 is 1.00 bits per heavy atom. The number of benzene rings is 9. The van der Waals surface area contributed by atoms with E-state index in [4.69, 9.17) is 0 Å². The second-order valence-electron chi connectivity index (χ2n) is 16.9. The van der Waals surface area contributed by atoms with E-state index in [0.717, 1.165) is 22.6 Å². The molecule has 9 aromatic rings. The van der Waals surface area contributed by atoms with E-state index in [-0.39, 0.29) is 5.41 Å². The maximum absolute atomic E-state index is 4.24. The summed E-state index contributed by atoms with van der Waals surface area (Å²) >= 11 is 0. The van der Waals surface area contributed by atoms with Crippen LogP contribution in [0.4, 0.5) is 17.1 Å². The van der Waals surface area contributed by atoms with Crippen molar-refractivity contribution in [2.45, 2.75) is 26.2 Å². The van der Waals surface area contributed by atoms with E-state index >= 15 is 0 Å². The zero-order chi connectivity index (χ0) is 42.9. The highest BCUT2D eigenvalue weighted by molar-refractivity contribution is 6.02. The van der Waals surface area contributed by atoms with Gasteiger partial charge in [-0.2, -0.15) is 0 Å². The van der Waals surface area contributed by atoms with Gasteiger partial charge in [-0.25, -0.2) is 0 Å². The van der Waals surface area contributed by atoms with Gasteiger partial charge in [0.15, 0.2) is 0 Å². The molecule has 1 heteroatoms. The lowest BCUT2D eigenvalue weighted by atomic mass is 9.81. The molecule has 0 saturated carbocycles. The summed E-state index contributed by atoms with van der Waals surface area (Å²) in [6.45, 7) is 10.9. The normalized spacial score (nSPS) is 13.1. The SMILES string of the molecule is C=CC1=C(/C=C\C)c2cc(-c3cccc(N(c4ccc(-c5cccc6ccccc56)cc4)c4cccc(-c5ccccc5)c4-c4ccccc4-c4ccccc4)c3)ccc2C1(C)C. The zero-order valence-electron chi connectivity index (χ0n) is 36.1. The summed E-state index contributed by atoms with van der Waals surface area (Å²) in [6, 6.07) is 77.6. The Hall–Kier alpha value is -7.74. The maximum atomic E-state index is 4.24. The first-order valence-corrected chi connectivity index (χ1v) is 21.9. The first-order valence-electron chi connectivity index (χ1n) is 21.9. The van der Waals surface area contributed by atoms with Crippen LogP contribution in [0.3, 0.4) is 0 Å². The minimum atomic E-state index is -0.127. The largest absolute Gasteiger partial charge is 0.310 e. The molecule has 0 amide bonds. The van der Waals surface area contributed by atoms with E-state index in [9.17, 15) is 0 Å². The molecule has 1 aliphatic rings. The highest BCUT2D eigenvalue weighted by Crippen LogP contribution is 2.50. The van der Waals surface area contributed by atoms with Crippen molar-refractivity contribution in [1.29, 1.82) is 0 Å². The van der Waals surface area contributed by atoms with Gasteiger partial charge in [-0.15, -0.1) is 0 Å². The summed E-state index contributed by atoms with van der Waals surface area (Å²) in [6.07, 6.45) is 6.41. The van der Waals surface area contributed by atoms with Crippen molar-refractivity contribution in [1.82, 2.24) is 0 Å². The van der Waals surface area contributed by atoms with Crippen LogP contribution in [0.1, 0.15) is 31.9 Å². The Labute approximate surface area is 372 Å². The number of fused-ring (bicyclic) bond motifs is 2. The number of anilines is 3. The smallest absolute Gasteiger partial charge is 0.0546 e. The molecule has 0 spiro atoms. The fraction of sp³-hybridized carbons (Fsp3) is 0.0645. The molecular formula is C62H49N. The predicted octanol–water partition coefficient (Wildman–Crippen LogP) is 17.5. The van der Waals surface area contributed by atoms with Gasteiger partial charge in [-0.3, -0.25) is 0 Å². The topological polar surface area (TPSA) is 3.24 Å². The Balaban J connectivity index is 1.20. The third-order valence-corrected chi connectivity index (χ3v) is 12.8. The fourth-order valence-corrected chi connectivity index (χ4v) is 9.79. The standard InChI is InChI=1S/C62H49N/c1-5-20-55-57-42-48(37-40-59(57)62(3,4)58(55)6-2)47-27-17-28-50(41-47)63(49-38-35-46(36-39-49)52-32-18-26-44-25-13-14-29-51(44)52)60-34-19-33-54(45-23-11-8-12-24-45)61(60)56-31-16-15-30-53(56)43-21-9-7-10-22-43/h5-42H,2H2,1,3-4H3/b20-5-. The van der Waals surface area contributed by atoms with Crippen LogP contribution in [0.2, 0.25) is 0 Å². The highest BCUT2D eigenvalue weighted by atomic mass is 15.1. The monoisotopic (exact) mass is 807 g/mol. The third-order valence-electron chi connectivity index (χ3n) is 12.8. The Morgan fingerprint density at radius 1 is 0.444 bits per heavy atom. The zero-order valence-corrected chi connectivity index (χ0v) is 36.1. The molecule has 9 aromatic carbocycles. The van der Waals surface area contributed by atoms with E-state index in [1.54, 1.807) is 0 Å². The average molecular weight is 808 g/mol. The van der Waals surface area contributed by atoms with Gasteiger partial charge in [0.25, 0.3) is 0 Å². The van der Waals surface area contributed by atoms with E-state index in [0.29, 0.717) is 0 Å². The molecule has 1 nitrogen and oxygen atoms in total. The minimum Gasteiger partial charge on any atom is -0.310 e. The lowest BCUT2D eigenvalue weighted by molar-refractivity contribution is 0.654. The van der Waals surface area contributed by atoms with Crippen LogP contribution < -0.4 is 4.90 Å². The minimum absolute atomic E-state index is 0.127. The molecule has 0 heterocycles. The number of rotatable bonds is 10. The first kappa shape index (κ1) is 39.4. The highest BCUT2D eigenvalue weighted by Gasteiger charge is 2.35. The molecule has 0 N–H and O–H groups in total. The lowest BCUT2D eigenvalue weighted by Crippen LogP contribution is -2.15. The van der Waals surface area contributed by atoms with Gasteiger partial charge < -0.3 is 4.90 Å². The van der Waals surface area contributed by atoms with Gasteiger partial charge >= 0.3 is 0 Å². The van der Waals surface area contributed by atoms with Crippen LogP contribution in [0.15, 0.2) is 243 Å². The van der Waals surface area contributed by atoms with Gasteiger partial charge in [0.1, 0.15) is 0 Å². The van der Waals surface area contributed by atoms with Crippen molar-refractivity contribution < 1.29 is 0 Å². The molecule has 63 heavy (non-hydrogen) atoms. The summed E-state index contributed by atoms with van der Waals surface area (Å²) < 4.78 is 0. The predicted molar refractivity (Wildman–Crippen MR) is 271 cm³/mol. The summed E-state index contributed by atoms with van der Waals surface area (Å²) in [7, 11) is 0. The maximum Gasteiger partial charge on any atom is 0.0546 e. The van der Waals surface area contributed by atoms with Gasteiger partial charge in [-0.1, -0.05) is 215 Å². The van der Waals surface area contributed by atoms with E-state index in [1.165, 1.54) is 83.1 Å². The Bertz CT molecular complexity index is 3200. The molecule has 10 rings (SSSR count). The number of hydrogen-bond acceptors (Lipinski definition) is 1. The van der Waals surface area contributed by atoms with Crippen molar-refractivity contribution in [3.05, 3.63) is 254 Å². The molecule has 0 saturated heterocycles. The van der Waals surface area contributed by atoms with Crippen LogP contribution in [0.25, 0.3) is 72.0 Å². The quantitative estimate of drug-likeness (QED) is 0.133. The van der Waals surface area contributed by atoms with Crippen molar-refractivity contribution in [3.8, 4) is 55.6 Å². The molecule has 1 aliphatic carbocycles. The third kappa shape index (κ3) is 7.12. The fourth-order valence-electron chi connectivity index (χ4n) is 9.79. The number of nitrogens with zero attached hydrogens (tertiary/aromatic N) is 1. The van der Waals surface area contributed by atoms with Gasteiger partial charge in [0.05, 0.1) is 5.69 Å². The van der Waals surface area contributed by atoms with Crippen molar-refractivity contribution in [2.75, 3.05) is 4.90 Å². The molecular weight excluding hydrogens is 759 g/mol. The molecule has 302 valence electrons. The van der Waals surface area contributed by atoms with E-state index in [2.05, 4.69) is 257 Å². The van der Waals surface area contributed by atoms with Crippen LogP contribution in [-0.4, -0.2) is 0 Å². The number of hydrogen-bond donors (Lipinski definition) is 0. The second-order valence-corrected chi connectivity index (χ2v) is 16.9. The summed E-state index contributed by atoms with van der Waals surface area (Å²) in [5.41, 5.74) is 20.0. The summed E-state index contributed by atoms with van der Waals surface area (Å²) in [4.78, 5) is 2.46. The van der Waals surface area contributed by atoms with E-state index in [1.807, 2.05) is 6.08 Å². The van der Waals surface area contributed by atoms with Crippen molar-refractivity contribution >= 4 is 33.4 Å². The molecule has 0 atom stereocenters. The molecule has 0 radical (unpaired) electrons. The first-order chi connectivity index (χ1) is 30.9. The molecule has 0 aliphatic heterocycles. The van der Waals surface area contributed by atoms with Crippen LogP contribution in [-0.2, 0) is 5.41 Å². The molecule has 0 bridgehead atoms. The summed E-state index contributed by atoms with van der Waals surface area (Å²) in [5.74, 6) is 0. The van der Waals surface area contributed by atoms with Crippen LogP contribution >= 0.6 is 0 Å². The Kier molecular flexibility index (Phi) is 10.4. The average Bonchev–Trinajstić information content (AvgIpc) is 3.56. The lowest BCUT2D eigenvalue weighted by Gasteiger charge is -2.30. The van der Waals surface area contributed by atoms with Gasteiger partial charge in [0, 0.05) is 22.4 Å². The second kappa shape index (κ2) is 16.6. The van der Waals surface area contributed by atoms with Crippen molar-refractivity contribution in [2.24, 2.45) is 0 Å². The molecule has 0 fully saturated rings. The van der Waals surface area contributed by atoms with Crippen LogP contribution in [0.5, 0.6) is 0 Å². The van der Waals surface area contributed by atoms with Crippen LogP contribution in [0, 0.1) is 0 Å². The molecule has 0 aromatic heterocycles. The Morgan fingerprint density at radius 3 is 1.75 bits per heavy atom. The van der Waals surface area contributed by atoms with Crippen molar-refractivity contribution in [3.63, 3.8) is 0 Å². The summed E-state index contributed by atoms with van der Waals surface area (Å²) in [5, 5.41) is 2.49. The van der Waals surface area contributed by atoms with Gasteiger partial charge in [-0.05, 0) is 126 Å². The van der Waals surface area contributed by atoms with Gasteiger partial charge in [0.2, 0.25) is 0 Å². The van der Waals surface area contributed by atoms with E-state index < -0.39 is 0 Å². The molecule has 0 unspecified atom stereocenters.